The Balaban J connectivity index is 1.46. The number of amides is 3. The summed E-state index contributed by atoms with van der Waals surface area (Å²) >= 11 is 0. The molecular formula is C23H26N4O4. The van der Waals surface area contributed by atoms with Gasteiger partial charge in [-0.15, -0.1) is 0 Å². The Morgan fingerprint density at radius 2 is 1.97 bits per heavy atom. The Morgan fingerprint density at radius 3 is 2.74 bits per heavy atom. The summed E-state index contributed by atoms with van der Waals surface area (Å²) < 4.78 is 5.78. The Bertz CT molecular complexity index is 994. The molecule has 1 aromatic heterocycles. The summed E-state index contributed by atoms with van der Waals surface area (Å²) in [5.74, 6) is -0.891. The zero-order valence-corrected chi connectivity index (χ0v) is 17.6. The number of carbonyl (C=O) groups excluding carboxylic acids is 3. The minimum atomic E-state index is -0.866. The first-order valence-corrected chi connectivity index (χ1v) is 10.5. The van der Waals surface area contributed by atoms with Crippen molar-refractivity contribution >= 4 is 17.7 Å². The van der Waals surface area contributed by atoms with Crippen LogP contribution in [0.3, 0.4) is 0 Å². The van der Waals surface area contributed by atoms with Gasteiger partial charge in [0.05, 0.1) is 11.6 Å². The molecule has 2 aliphatic heterocycles. The van der Waals surface area contributed by atoms with Gasteiger partial charge in [-0.25, -0.2) is 0 Å². The molecule has 2 N–H and O–H groups in total. The van der Waals surface area contributed by atoms with Crippen molar-refractivity contribution in [2.45, 2.75) is 45.3 Å². The highest BCUT2D eigenvalue weighted by Gasteiger charge is 2.35. The summed E-state index contributed by atoms with van der Waals surface area (Å²) in [6, 6.07) is 9.00. The van der Waals surface area contributed by atoms with Gasteiger partial charge >= 0.3 is 11.8 Å². The predicted octanol–water partition coefficient (Wildman–Crippen LogP) is 2.17. The van der Waals surface area contributed by atoms with Crippen LogP contribution >= 0.6 is 0 Å². The molecule has 0 saturated carbocycles. The first kappa shape index (κ1) is 20.8. The molecule has 3 unspecified atom stereocenters. The maximum absolute atomic E-state index is 13.0. The van der Waals surface area contributed by atoms with E-state index in [-0.39, 0.29) is 23.6 Å². The lowest BCUT2D eigenvalue weighted by molar-refractivity contribution is -0.149. The Morgan fingerprint density at radius 1 is 1.13 bits per heavy atom. The normalized spacial score (nSPS) is 22.3. The van der Waals surface area contributed by atoms with Gasteiger partial charge in [0.2, 0.25) is 0 Å². The van der Waals surface area contributed by atoms with Crippen molar-refractivity contribution in [3.8, 4) is 5.75 Å². The molecule has 1 aromatic carbocycles. The number of nitrogens with zero attached hydrogens (tertiary/aromatic N) is 2. The van der Waals surface area contributed by atoms with E-state index < -0.39 is 17.7 Å². The summed E-state index contributed by atoms with van der Waals surface area (Å²) in [6.45, 7) is 4.58. The fraction of sp³-hybridized carbons (Fsp3) is 0.391. The van der Waals surface area contributed by atoms with Crippen LogP contribution < -0.4 is 15.6 Å². The lowest BCUT2D eigenvalue weighted by atomic mass is 9.89. The van der Waals surface area contributed by atoms with Gasteiger partial charge in [0.1, 0.15) is 11.9 Å². The predicted molar refractivity (Wildman–Crippen MR) is 113 cm³/mol. The van der Waals surface area contributed by atoms with Gasteiger partial charge in [0.25, 0.3) is 5.91 Å². The molecule has 1 fully saturated rings. The van der Waals surface area contributed by atoms with Crippen molar-refractivity contribution in [1.82, 2.24) is 20.7 Å². The highest BCUT2D eigenvalue weighted by Crippen LogP contribution is 2.37. The number of fused-ring (bicyclic) bond motifs is 1. The minimum absolute atomic E-state index is 0.142. The fourth-order valence-electron chi connectivity index (χ4n) is 4.24. The van der Waals surface area contributed by atoms with Crippen molar-refractivity contribution < 1.29 is 19.1 Å². The molecule has 8 nitrogen and oxygen atoms in total. The molecule has 8 heteroatoms. The molecule has 0 spiro atoms. The standard InChI is InChI=1S/C23H26N4O4/c1-14-5-7-19(16-6-8-20-18(11-16)10-15(2)31-20)27(13-14)23(30)22(29)26-25-21(28)17-4-3-9-24-12-17/h3-4,6,8-9,11-12,14-15,19H,5,7,10,13H2,1-2H3,(H,25,28)(H,26,29). The summed E-state index contributed by atoms with van der Waals surface area (Å²) in [4.78, 5) is 43.1. The molecule has 31 heavy (non-hydrogen) atoms. The van der Waals surface area contributed by atoms with E-state index in [0.29, 0.717) is 6.54 Å². The monoisotopic (exact) mass is 422 g/mol. The molecule has 162 valence electrons. The SMILES string of the molecule is CC1CCC(c2ccc3c(c2)CC(C)O3)N(C(=O)C(=O)NNC(=O)c2cccnc2)C1. The molecule has 2 aromatic rings. The van der Waals surface area contributed by atoms with E-state index >= 15 is 0 Å². The van der Waals surface area contributed by atoms with Gasteiger partial charge in [0, 0.05) is 25.4 Å². The van der Waals surface area contributed by atoms with E-state index in [2.05, 4.69) is 28.8 Å². The fourth-order valence-corrected chi connectivity index (χ4v) is 4.24. The van der Waals surface area contributed by atoms with E-state index in [4.69, 9.17) is 4.74 Å². The highest BCUT2D eigenvalue weighted by atomic mass is 16.5. The summed E-state index contributed by atoms with van der Waals surface area (Å²) in [7, 11) is 0. The van der Waals surface area contributed by atoms with Crippen molar-refractivity contribution in [3.05, 3.63) is 59.4 Å². The van der Waals surface area contributed by atoms with Crippen LogP contribution in [0.1, 0.15) is 54.2 Å². The largest absolute Gasteiger partial charge is 0.490 e. The van der Waals surface area contributed by atoms with Crippen LogP contribution in [0.25, 0.3) is 0 Å². The quantitative estimate of drug-likeness (QED) is 0.571. The number of hydrogen-bond donors (Lipinski definition) is 2. The number of hydrogen-bond acceptors (Lipinski definition) is 5. The van der Waals surface area contributed by atoms with E-state index in [9.17, 15) is 14.4 Å². The maximum atomic E-state index is 13.0. The molecule has 3 atom stereocenters. The van der Waals surface area contributed by atoms with Crippen molar-refractivity contribution in [1.29, 1.82) is 0 Å². The zero-order chi connectivity index (χ0) is 22.0. The first-order valence-electron chi connectivity index (χ1n) is 10.5. The third-order valence-electron chi connectivity index (χ3n) is 5.79. The van der Waals surface area contributed by atoms with Crippen LogP contribution in [-0.4, -0.2) is 40.3 Å². The Labute approximate surface area is 181 Å². The Kier molecular flexibility index (Phi) is 5.88. The van der Waals surface area contributed by atoms with Gasteiger partial charge in [0.15, 0.2) is 0 Å². The van der Waals surface area contributed by atoms with Gasteiger partial charge in [-0.1, -0.05) is 13.0 Å². The number of ether oxygens (including phenoxy) is 1. The van der Waals surface area contributed by atoms with Crippen LogP contribution in [-0.2, 0) is 16.0 Å². The zero-order valence-electron chi connectivity index (χ0n) is 17.6. The topological polar surface area (TPSA) is 101 Å². The second-order valence-corrected chi connectivity index (χ2v) is 8.31. The average Bonchev–Trinajstić information content (AvgIpc) is 3.16. The van der Waals surface area contributed by atoms with E-state index in [1.165, 1.54) is 6.20 Å². The molecule has 3 heterocycles. The number of rotatable bonds is 2. The molecule has 2 aliphatic rings. The summed E-state index contributed by atoms with van der Waals surface area (Å²) in [6.07, 6.45) is 5.64. The van der Waals surface area contributed by atoms with Gasteiger partial charge in [-0.3, -0.25) is 30.2 Å². The third kappa shape index (κ3) is 4.52. The second-order valence-electron chi connectivity index (χ2n) is 8.31. The molecule has 1 saturated heterocycles. The van der Waals surface area contributed by atoms with Gasteiger partial charge in [-0.2, -0.15) is 0 Å². The maximum Gasteiger partial charge on any atom is 0.327 e. The number of nitrogens with one attached hydrogen (secondary N) is 2. The number of piperidine rings is 1. The number of pyridine rings is 1. The molecule has 0 bridgehead atoms. The highest BCUT2D eigenvalue weighted by molar-refractivity contribution is 6.35. The molecule has 0 radical (unpaired) electrons. The lowest BCUT2D eigenvalue weighted by Crippen LogP contribution is -2.52. The second kappa shape index (κ2) is 8.75. The first-order chi connectivity index (χ1) is 14.9. The molecule has 0 aliphatic carbocycles. The lowest BCUT2D eigenvalue weighted by Gasteiger charge is -2.38. The van der Waals surface area contributed by atoms with Crippen LogP contribution in [0.15, 0.2) is 42.7 Å². The molecular weight excluding hydrogens is 396 g/mol. The number of benzene rings is 1. The summed E-state index contributed by atoms with van der Waals surface area (Å²) in [5.41, 5.74) is 6.93. The molecule has 4 rings (SSSR count). The van der Waals surface area contributed by atoms with Gasteiger partial charge in [-0.05, 0) is 61.1 Å². The van der Waals surface area contributed by atoms with Crippen LogP contribution in [0.2, 0.25) is 0 Å². The van der Waals surface area contributed by atoms with Crippen molar-refractivity contribution in [2.24, 2.45) is 5.92 Å². The number of aromatic nitrogens is 1. The number of likely N-dealkylation sites (tertiary alicyclic amines) is 1. The van der Waals surface area contributed by atoms with E-state index in [1.807, 2.05) is 19.1 Å². The minimum Gasteiger partial charge on any atom is -0.490 e. The van der Waals surface area contributed by atoms with Crippen molar-refractivity contribution in [3.63, 3.8) is 0 Å². The van der Waals surface area contributed by atoms with E-state index in [0.717, 1.165) is 36.1 Å². The third-order valence-corrected chi connectivity index (χ3v) is 5.79. The van der Waals surface area contributed by atoms with Crippen LogP contribution in [0, 0.1) is 5.92 Å². The number of carbonyl (C=O) groups is 3. The average molecular weight is 422 g/mol. The number of hydrazine groups is 1. The molecule has 3 amide bonds. The van der Waals surface area contributed by atoms with Gasteiger partial charge < -0.3 is 9.64 Å². The van der Waals surface area contributed by atoms with E-state index in [1.54, 1.807) is 23.2 Å². The van der Waals surface area contributed by atoms with Crippen molar-refractivity contribution in [2.75, 3.05) is 6.54 Å². The van der Waals surface area contributed by atoms with Crippen LogP contribution in [0.4, 0.5) is 0 Å². The van der Waals surface area contributed by atoms with Crippen LogP contribution in [0.5, 0.6) is 5.75 Å². The Hall–Kier alpha value is -3.42. The summed E-state index contributed by atoms with van der Waals surface area (Å²) in [5, 5.41) is 0. The smallest absolute Gasteiger partial charge is 0.327 e.